The number of imide groups is 2. The number of ether oxygens (including phenoxy) is 3. The molecule has 0 aromatic heterocycles. The minimum absolute atomic E-state index is 0.0744. The standard InChI is InChI=1S/C41H39ClN2O7/c1-49-37-19-15-30(16-20-37)21-32(38(45)43-35(26-50-40(43)47)24-28-9-4-2-5-10-28)17-18-33(22-31-13-8-14-34(42)23-31)39(46)44-36(27-51-41(44)48)25-29-11-6-3-7-12-29/h2-17,19-20,23,33,35-36H,18,21-22,24-27H2,1H3/t33-,35+,36+/m1/s1. The highest BCUT2D eigenvalue weighted by Gasteiger charge is 2.42. The van der Waals surface area contributed by atoms with Gasteiger partial charge in [0, 0.05) is 22.9 Å². The molecule has 10 heteroatoms. The van der Waals surface area contributed by atoms with E-state index in [1.165, 1.54) is 9.80 Å². The summed E-state index contributed by atoms with van der Waals surface area (Å²) in [4.78, 5) is 57.4. The second-order valence-corrected chi connectivity index (χ2v) is 13.2. The number of carbonyl (C=O) groups is 4. The van der Waals surface area contributed by atoms with Crippen molar-refractivity contribution < 1.29 is 33.4 Å². The van der Waals surface area contributed by atoms with Gasteiger partial charge in [-0.1, -0.05) is 103 Å². The van der Waals surface area contributed by atoms with Crippen LogP contribution in [0.3, 0.4) is 0 Å². The van der Waals surface area contributed by atoms with Gasteiger partial charge in [0.1, 0.15) is 19.0 Å². The van der Waals surface area contributed by atoms with Crippen LogP contribution >= 0.6 is 11.6 Å². The Morgan fingerprint density at radius 1 is 0.765 bits per heavy atom. The monoisotopic (exact) mass is 706 g/mol. The van der Waals surface area contributed by atoms with Crippen molar-refractivity contribution in [2.24, 2.45) is 5.92 Å². The van der Waals surface area contributed by atoms with Gasteiger partial charge in [-0.2, -0.15) is 0 Å². The predicted octanol–water partition coefficient (Wildman–Crippen LogP) is 7.25. The van der Waals surface area contributed by atoms with E-state index in [9.17, 15) is 19.2 Å². The van der Waals surface area contributed by atoms with Crippen LogP contribution in [0.1, 0.15) is 28.7 Å². The summed E-state index contributed by atoms with van der Waals surface area (Å²) < 4.78 is 16.1. The van der Waals surface area contributed by atoms with Gasteiger partial charge >= 0.3 is 12.2 Å². The van der Waals surface area contributed by atoms with Crippen LogP contribution in [0, 0.1) is 5.92 Å². The van der Waals surface area contributed by atoms with E-state index in [-0.39, 0.29) is 32.5 Å². The molecule has 0 unspecified atom stereocenters. The van der Waals surface area contributed by atoms with Crippen LogP contribution in [0.5, 0.6) is 5.75 Å². The maximum Gasteiger partial charge on any atom is 0.417 e. The van der Waals surface area contributed by atoms with E-state index in [0.29, 0.717) is 29.2 Å². The van der Waals surface area contributed by atoms with Crippen LogP contribution in [0.2, 0.25) is 5.02 Å². The zero-order valence-corrected chi connectivity index (χ0v) is 29.0. The maximum absolute atomic E-state index is 14.4. The minimum Gasteiger partial charge on any atom is -0.497 e. The molecule has 4 amide bonds. The molecule has 0 saturated carbocycles. The van der Waals surface area contributed by atoms with Crippen LogP contribution in [0.4, 0.5) is 9.59 Å². The molecule has 0 N–H and O–H groups in total. The van der Waals surface area contributed by atoms with Gasteiger partial charge in [0.15, 0.2) is 0 Å². The van der Waals surface area contributed by atoms with Crippen molar-refractivity contribution in [3.8, 4) is 5.75 Å². The van der Waals surface area contributed by atoms with Gasteiger partial charge in [-0.3, -0.25) is 9.59 Å². The highest BCUT2D eigenvalue weighted by molar-refractivity contribution is 6.30. The number of carbonyl (C=O) groups excluding carboxylic acids is 4. The number of halogens is 1. The molecule has 2 aliphatic heterocycles. The third kappa shape index (κ3) is 8.85. The number of cyclic esters (lactones) is 2. The number of allylic oxidation sites excluding steroid dienone is 1. The van der Waals surface area contributed by atoms with Gasteiger partial charge in [-0.25, -0.2) is 19.4 Å². The molecule has 0 radical (unpaired) electrons. The number of amides is 4. The first-order valence-corrected chi connectivity index (χ1v) is 17.3. The summed E-state index contributed by atoms with van der Waals surface area (Å²) in [6.45, 7) is 0.158. The number of rotatable bonds is 13. The lowest BCUT2D eigenvalue weighted by atomic mass is 9.91. The maximum atomic E-state index is 14.4. The first kappa shape index (κ1) is 35.4. The molecule has 2 fully saturated rings. The van der Waals surface area contributed by atoms with E-state index in [1.807, 2.05) is 84.9 Å². The minimum atomic E-state index is -0.753. The summed E-state index contributed by atoms with van der Waals surface area (Å²) in [5.41, 5.74) is 3.88. The summed E-state index contributed by atoms with van der Waals surface area (Å²) in [5.74, 6) is -0.993. The van der Waals surface area contributed by atoms with Crippen LogP contribution in [0.25, 0.3) is 0 Å². The first-order valence-electron chi connectivity index (χ1n) is 16.9. The molecule has 262 valence electrons. The molecule has 2 aliphatic rings. The normalized spacial score (nSPS) is 18.0. The van der Waals surface area contributed by atoms with E-state index in [2.05, 4.69) is 0 Å². The second-order valence-electron chi connectivity index (χ2n) is 12.7. The van der Waals surface area contributed by atoms with Crippen molar-refractivity contribution in [2.45, 2.75) is 44.2 Å². The lowest BCUT2D eigenvalue weighted by Gasteiger charge is -2.25. The molecule has 6 rings (SSSR count). The van der Waals surface area contributed by atoms with Gasteiger partial charge in [0.25, 0.3) is 5.91 Å². The van der Waals surface area contributed by atoms with Crippen molar-refractivity contribution in [3.05, 3.63) is 148 Å². The van der Waals surface area contributed by atoms with Crippen molar-refractivity contribution in [3.63, 3.8) is 0 Å². The summed E-state index contributed by atoms with van der Waals surface area (Å²) in [5, 5.41) is 0.518. The Kier molecular flexibility index (Phi) is 11.5. The number of hydrogen-bond acceptors (Lipinski definition) is 7. The summed E-state index contributed by atoms with van der Waals surface area (Å²) in [6, 6.07) is 32.8. The molecule has 0 bridgehead atoms. The van der Waals surface area contributed by atoms with Crippen molar-refractivity contribution in [1.82, 2.24) is 9.80 Å². The van der Waals surface area contributed by atoms with E-state index in [1.54, 1.807) is 37.5 Å². The van der Waals surface area contributed by atoms with Crippen LogP contribution in [0.15, 0.2) is 121 Å². The van der Waals surface area contributed by atoms with E-state index in [0.717, 1.165) is 22.3 Å². The highest BCUT2D eigenvalue weighted by atomic mass is 35.5. The van der Waals surface area contributed by atoms with Crippen LogP contribution in [-0.2, 0) is 44.7 Å². The summed E-state index contributed by atoms with van der Waals surface area (Å²) in [7, 11) is 1.58. The highest BCUT2D eigenvalue weighted by Crippen LogP contribution is 2.28. The fourth-order valence-corrected chi connectivity index (χ4v) is 6.78. The topological polar surface area (TPSA) is 102 Å². The molecule has 9 nitrogen and oxygen atoms in total. The molecule has 4 aromatic rings. The van der Waals surface area contributed by atoms with E-state index >= 15 is 0 Å². The lowest BCUT2D eigenvalue weighted by Crippen LogP contribution is -2.44. The third-order valence-electron chi connectivity index (χ3n) is 9.20. The Morgan fingerprint density at radius 2 is 1.33 bits per heavy atom. The molecule has 51 heavy (non-hydrogen) atoms. The van der Waals surface area contributed by atoms with Gasteiger partial charge in [0.05, 0.1) is 19.2 Å². The zero-order valence-electron chi connectivity index (χ0n) is 28.3. The molecule has 3 atom stereocenters. The SMILES string of the molecule is COc1ccc(CC(=CC[C@H](Cc2cccc(Cl)c2)C(=O)N2C(=O)OC[C@@H]2Cc2ccccc2)C(=O)N2C(=O)OC[C@@H]2Cc2ccccc2)cc1. The van der Waals surface area contributed by atoms with Gasteiger partial charge < -0.3 is 14.2 Å². The van der Waals surface area contributed by atoms with Crippen molar-refractivity contribution in [1.29, 1.82) is 0 Å². The Morgan fingerprint density at radius 3 is 1.92 bits per heavy atom. The van der Waals surface area contributed by atoms with Gasteiger partial charge in [-0.05, 0) is 72.2 Å². The van der Waals surface area contributed by atoms with Gasteiger partial charge in [-0.15, -0.1) is 0 Å². The average Bonchev–Trinajstić information content (AvgIpc) is 3.70. The van der Waals surface area contributed by atoms with Crippen LogP contribution in [-0.4, -0.2) is 66.2 Å². The zero-order chi connectivity index (χ0) is 35.7. The fraction of sp³-hybridized carbons (Fsp3) is 0.268. The number of hydrogen-bond donors (Lipinski definition) is 0. The fourth-order valence-electron chi connectivity index (χ4n) is 6.57. The molecule has 2 saturated heterocycles. The lowest BCUT2D eigenvalue weighted by molar-refractivity contribution is -0.133. The smallest absolute Gasteiger partial charge is 0.417 e. The Labute approximate surface area is 302 Å². The van der Waals surface area contributed by atoms with E-state index < -0.39 is 42.0 Å². The Balaban J connectivity index is 1.32. The van der Waals surface area contributed by atoms with E-state index in [4.69, 9.17) is 25.8 Å². The quantitative estimate of drug-likeness (QED) is 0.135. The number of benzene rings is 4. The number of methoxy groups -OCH3 is 1. The van der Waals surface area contributed by atoms with Crippen molar-refractivity contribution in [2.75, 3.05) is 20.3 Å². The summed E-state index contributed by atoms with van der Waals surface area (Å²) in [6.07, 6.45) is 1.74. The van der Waals surface area contributed by atoms with Crippen molar-refractivity contribution >= 4 is 35.6 Å². The largest absolute Gasteiger partial charge is 0.497 e. The first-order chi connectivity index (χ1) is 24.8. The molecule has 0 aliphatic carbocycles. The molecule has 2 heterocycles. The summed E-state index contributed by atoms with van der Waals surface area (Å²) >= 11 is 6.33. The second kappa shape index (κ2) is 16.5. The van der Waals surface area contributed by atoms with Gasteiger partial charge in [0.2, 0.25) is 5.91 Å². The molecular weight excluding hydrogens is 668 g/mol. The Hall–Kier alpha value is -5.41. The average molecular weight is 707 g/mol. The predicted molar refractivity (Wildman–Crippen MR) is 192 cm³/mol. The van der Waals surface area contributed by atoms with Crippen LogP contribution < -0.4 is 4.74 Å². The molecular formula is C41H39ClN2O7. The molecule has 0 spiro atoms. The number of nitrogens with zero attached hydrogens (tertiary/aromatic N) is 2. The Bertz CT molecular complexity index is 1880. The molecule has 4 aromatic carbocycles. The third-order valence-corrected chi connectivity index (χ3v) is 9.44.